The summed E-state index contributed by atoms with van der Waals surface area (Å²) in [6.07, 6.45) is 1.76. The van der Waals surface area contributed by atoms with Crippen LogP contribution in [0.15, 0.2) is 40.6 Å². The minimum atomic E-state index is -0.601. The number of hydrogen-bond acceptors (Lipinski definition) is 9. The van der Waals surface area contributed by atoms with Gasteiger partial charge in [-0.3, -0.25) is 9.91 Å². The molecule has 2 aliphatic heterocycles. The Hall–Kier alpha value is -3.18. The number of anilines is 2. The van der Waals surface area contributed by atoms with Gasteiger partial charge in [0, 0.05) is 16.3 Å². The molecule has 3 heterocycles. The zero-order chi connectivity index (χ0) is 21.1. The zero-order valence-corrected chi connectivity index (χ0v) is 16.7. The number of benzene rings is 1. The van der Waals surface area contributed by atoms with Crippen molar-refractivity contribution in [1.82, 2.24) is 5.01 Å². The summed E-state index contributed by atoms with van der Waals surface area (Å²) in [4.78, 5) is 16.8. The predicted octanol–water partition coefficient (Wildman–Crippen LogP) is 2.28. The maximum Gasteiger partial charge on any atom is 0.414 e. The number of nitrogens with zero attached hydrogens (tertiary/aromatic N) is 5. The van der Waals surface area contributed by atoms with Crippen LogP contribution in [0.3, 0.4) is 0 Å². The molecule has 2 aromatic rings. The summed E-state index contributed by atoms with van der Waals surface area (Å²) in [5.74, 6) is -0.473. The molecule has 9 nitrogen and oxygen atoms in total. The van der Waals surface area contributed by atoms with Crippen molar-refractivity contribution in [2.45, 2.75) is 12.6 Å². The van der Waals surface area contributed by atoms with Gasteiger partial charge in [-0.2, -0.15) is 5.10 Å². The molecule has 0 saturated carbocycles. The largest absolute Gasteiger partial charge is 0.441 e. The van der Waals surface area contributed by atoms with Crippen LogP contribution in [0.25, 0.3) is 0 Å². The molecule has 1 aromatic carbocycles. The maximum atomic E-state index is 14.7. The predicted molar refractivity (Wildman–Crippen MR) is 111 cm³/mol. The Morgan fingerprint density at radius 3 is 2.87 bits per heavy atom. The van der Waals surface area contributed by atoms with Crippen LogP contribution in [0.4, 0.5) is 20.6 Å². The Morgan fingerprint density at radius 2 is 2.20 bits per heavy atom. The van der Waals surface area contributed by atoms with E-state index in [1.807, 2.05) is 17.1 Å². The minimum absolute atomic E-state index is 0.183. The number of thiophene rings is 1. The molecule has 0 bridgehead atoms. The van der Waals surface area contributed by atoms with Gasteiger partial charge in [0.15, 0.2) is 0 Å². The number of halogens is 1. The number of carbonyl (C=O) groups excluding carboxylic acids is 1. The number of hydrogen-bond donors (Lipinski definition) is 2. The molecule has 11 heteroatoms. The molecule has 158 valence electrons. The van der Waals surface area contributed by atoms with Crippen molar-refractivity contribution >= 4 is 41.4 Å². The van der Waals surface area contributed by atoms with E-state index in [9.17, 15) is 9.18 Å². The smallest absolute Gasteiger partial charge is 0.414 e. The number of carbonyl (C=O) groups is 1. The van der Waals surface area contributed by atoms with E-state index in [0.29, 0.717) is 31.0 Å². The molecule has 1 amide bonds. The van der Waals surface area contributed by atoms with Crippen LogP contribution in [0, 0.1) is 5.82 Å². The second-order valence-corrected chi connectivity index (χ2v) is 8.00. The fourth-order valence-corrected chi connectivity index (χ4v) is 4.17. The number of hydrazone groups is 1. The standard InChI is InChI=1S/C19H20FN5O4S/c20-17-7-13(25-9-14(11-26)29-19(25)27)1-4-18(17)23-5-6-24(21-12-23)10-16-3-2-15(30-16)8-22-28/h1-4,7-8,12,14,26,28H,5-6,9-11H2/b22-8+. The van der Waals surface area contributed by atoms with Crippen molar-refractivity contribution in [3.63, 3.8) is 0 Å². The number of aliphatic hydroxyl groups excluding tert-OH is 1. The highest BCUT2D eigenvalue weighted by Crippen LogP contribution is 2.28. The lowest BCUT2D eigenvalue weighted by Crippen LogP contribution is -2.37. The first-order valence-electron chi connectivity index (χ1n) is 9.28. The van der Waals surface area contributed by atoms with E-state index in [0.717, 1.165) is 9.75 Å². The Balaban J connectivity index is 1.41. The van der Waals surface area contributed by atoms with Crippen LogP contribution in [0.5, 0.6) is 0 Å². The zero-order valence-electron chi connectivity index (χ0n) is 15.9. The average Bonchev–Trinajstić information content (AvgIpc) is 3.35. The minimum Gasteiger partial charge on any atom is -0.441 e. The molecule has 1 saturated heterocycles. The Labute approximate surface area is 175 Å². The molecule has 1 fully saturated rings. The Morgan fingerprint density at radius 1 is 1.33 bits per heavy atom. The molecular formula is C19H20FN5O4S. The topological polar surface area (TPSA) is 101 Å². The van der Waals surface area contributed by atoms with Gasteiger partial charge in [-0.05, 0) is 30.3 Å². The van der Waals surface area contributed by atoms with Crippen LogP contribution in [0.2, 0.25) is 0 Å². The van der Waals surface area contributed by atoms with E-state index in [2.05, 4.69) is 10.3 Å². The third-order valence-electron chi connectivity index (χ3n) is 4.79. The summed E-state index contributed by atoms with van der Waals surface area (Å²) < 4.78 is 19.7. The molecule has 2 N–H and O–H groups in total. The summed E-state index contributed by atoms with van der Waals surface area (Å²) in [7, 11) is 0. The van der Waals surface area contributed by atoms with E-state index in [4.69, 9.17) is 15.1 Å². The Kier molecular flexibility index (Phi) is 5.81. The number of cyclic esters (lactones) is 1. The highest BCUT2D eigenvalue weighted by Gasteiger charge is 2.32. The molecule has 0 aliphatic carbocycles. The molecule has 30 heavy (non-hydrogen) atoms. The summed E-state index contributed by atoms with van der Waals surface area (Å²) in [5, 5.41) is 27.0. The van der Waals surface area contributed by atoms with Gasteiger partial charge in [0.2, 0.25) is 0 Å². The lowest BCUT2D eigenvalue weighted by atomic mass is 10.2. The molecule has 1 atom stereocenters. The van der Waals surface area contributed by atoms with Crippen molar-refractivity contribution in [3.8, 4) is 0 Å². The van der Waals surface area contributed by atoms with Crippen molar-refractivity contribution in [1.29, 1.82) is 0 Å². The molecule has 0 radical (unpaired) electrons. The van der Waals surface area contributed by atoms with E-state index >= 15 is 0 Å². The highest BCUT2D eigenvalue weighted by molar-refractivity contribution is 7.13. The van der Waals surface area contributed by atoms with Gasteiger partial charge in [0.25, 0.3) is 0 Å². The monoisotopic (exact) mass is 433 g/mol. The second-order valence-electron chi connectivity index (χ2n) is 6.80. The molecular weight excluding hydrogens is 413 g/mol. The van der Waals surface area contributed by atoms with E-state index in [1.54, 1.807) is 23.4 Å². The van der Waals surface area contributed by atoms with E-state index in [-0.39, 0.29) is 13.2 Å². The third-order valence-corrected chi connectivity index (χ3v) is 5.79. The van der Waals surface area contributed by atoms with Gasteiger partial charge in [-0.1, -0.05) is 5.16 Å². The van der Waals surface area contributed by atoms with Gasteiger partial charge in [-0.25, -0.2) is 9.18 Å². The highest BCUT2D eigenvalue weighted by atomic mass is 32.1. The SMILES string of the molecule is O=C1OC(CO)CN1c1ccc(N2C=NN(Cc3ccc(/C=N/O)s3)CC2)c(F)c1. The third kappa shape index (κ3) is 4.21. The maximum absolute atomic E-state index is 14.7. The first-order valence-corrected chi connectivity index (χ1v) is 10.1. The molecule has 0 spiro atoms. The van der Waals surface area contributed by atoms with Gasteiger partial charge < -0.3 is 20.0 Å². The summed E-state index contributed by atoms with van der Waals surface area (Å²) in [6.45, 7) is 1.68. The van der Waals surface area contributed by atoms with Gasteiger partial charge in [0.05, 0.1) is 43.8 Å². The number of oxime groups is 1. The van der Waals surface area contributed by atoms with Crippen LogP contribution in [0.1, 0.15) is 9.75 Å². The molecule has 2 aliphatic rings. The van der Waals surface area contributed by atoms with Gasteiger partial charge >= 0.3 is 6.09 Å². The van der Waals surface area contributed by atoms with Crippen molar-refractivity contribution in [2.24, 2.45) is 10.3 Å². The number of ether oxygens (including phenoxy) is 1. The normalized spacial score (nSPS) is 19.2. The number of amides is 1. The first-order chi connectivity index (χ1) is 14.6. The number of rotatable bonds is 6. The summed E-state index contributed by atoms with van der Waals surface area (Å²) >= 11 is 1.51. The van der Waals surface area contributed by atoms with Crippen LogP contribution >= 0.6 is 11.3 Å². The lowest BCUT2D eigenvalue weighted by Gasteiger charge is -2.30. The average molecular weight is 433 g/mol. The quantitative estimate of drug-likeness (QED) is 0.412. The fraction of sp³-hybridized carbons (Fsp3) is 0.316. The second kappa shape index (κ2) is 8.67. The van der Waals surface area contributed by atoms with E-state index in [1.165, 1.54) is 28.5 Å². The summed E-state index contributed by atoms with van der Waals surface area (Å²) in [5.41, 5.74) is 0.749. The van der Waals surface area contributed by atoms with Gasteiger partial charge in [0.1, 0.15) is 18.3 Å². The van der Waals surface area contributed by atoms with Crippen LogP contribution < -0.4 is 9.80 Å². The van der Waals surface area contributed by atoms with Crippen LogP contribution in [-0.2, 0) is 11.3 Å². The summed E-state index contributed by atoms with van der Waals surface area (Å²) in [6, 6.07) is 8.36. The number of aliphatic hydroxyl groups is 1. The van der Waals surface area contributed by atoms with E-state index < -0.39 is 18.0 Å². The molecule has 4 rings (SSSR count). The van der Waals surface area contributed by atoms with Crippen molar-refractivity contribution in [2.75, 3.05) is 36.0 Å². The lowest BCUT2D eigenvalue weighted by molar-refractivity contribution is 0.0963. The molecule has 1 aromatic heterocycles. The molecule has 1 unspecified atom stereocenters. The first kappa shape index (κ1) is 20.1. The van der Waals surface area contributed by atoms with Gasteiger partial charge in [-0.15, -0.1) is 11.3 Å². The van der Waals surface area contributed by atoms with Crippen LogP contribution in [-0.4, -0.2) is 66.3 Å². The van der Waals surface area contributed by atoms with Crippen molar-refractivity contribution in [3.05, 3.63) is 45.9 Å². The fourth-order valence-electron chi connectivity index (χ4n) is 3.29. The Bertz CT molecular complexity index is 982. The van der Waals surface area contributed by atoms with Crippen molar-refractivity contribution < 1.29 is 24.2 Å².